The number of fused-ring (bicyclic) bond motifs is 2. The maximum atomic E-state index is 14.4. The molecule has 3 fully saturated rings. The molecule has 3 aromatic rings. The lowest BCUT2D eigenvalue weighted by Gasteiger charge is -2.34. The summed E-state index contributed by atoms with van der Waals surface area (Å²) in [6.45, 7) is 4.99. The first-order valence-corrected chi connectivity index (χ1v) is 16.1. The molecule has 3 amide bonds. The number of benzene rings is 2. The molecule has 1 spiro atoms. The number of carbonyl (C=O) groups excluding carboxylic acids is 3. The Morgan fingerprint density at radius 3 is 2.58 bits per heavy atom. The van der Waals surface area contributed by atoms with Crippen molar-refractivity contribution >= 4 is 34.4 Å². The standard InChI is InChI=1S/C33H42N6O6/c1-3-32-17-18-33(45-32)27(26(32)29(41)35-22-13-15-23(16-14-22)44-4-2)31(43)38(19-9-5-6-10-20-40)28(33)30(42)34-21-39-25-12-8-7-11-24(25)36-37-39/h7-8,11-16,26-28,40H,3-6,9-10,17-21H2,1-2H3,(H,34,42)(H,35,41)/t26-,27-,28?,32+,33?/m0/s1. The van der Waals surface area contributed by atoms with Gasteiger partial charge in [-0.3, -0.25) is 14.4 Å². The smallest absolute Gasteiger partial charge is 0.247 e. The van der Waals surface area contributed by atoms with Gasteiger partial charge in [-0.25, -0.2) is 4.68 Å². The van der Waals surface area contributed by atoms with Crippen LogP contribution in [0, 0.1) is 11.8 Å². The van der Waals surface area contributed by atoms with Crippen LogP contribution in [0.15, 0.2) is 48.5 Å². The Kier molecular flexibility index (Phi) is 8.78. The summed E-state index contributed by atoms with van der Waals surface area (Å²) < 4.78 is 14.0. The van der Waals surface area contributed by atoms with Crippen LogP contribution >= 0.6 is 0 Å². The number of aromatic nitrogens is 3. The van der Waals surface area contributed by atoms with Crippen molar-refractivity contribution < 1.29 is 29.0 Å². The molecule has 2 bridgehead atoms. The Morgan fingerprint density at radius 2 is 1.82 bits per heavy atom. The fourth-order valence-corrected chi connectivity index (χ4v) is 7.71. The first kappa shape index (κ1) is 31.0. The summed E-state index contributed by atoms with van der Waals surface area (Å²) in [6.07, 6.45) is 4.63. The van der Waals surface area contributed by atoms with E-state index in [0.29, 0.717) is 56.7 Å². The fraction of sp³-hybridized carbons (Fsp3) is 0.545. The van der Waals surface area contributed by atoms with Crippen molar-refractivity contribution in [2.75, 3.05) is 25.1 Å². The number of aliphatic hydroxyl groups is 1. The number of carbonyl (C=O) groups is 3. The molecule has 240 valence electrons. The quantitative estimate of drug-likeness (QED) is 0.233. The molecule has 4 heterocycles. The Bertz CT molecular complexity index is 1540. The van der Waals surface area contributed by atoms with Crippen molar-refractivity contribution in [2.24, 2.45) is 11.8 Å². The Hall–Kier alpha value is -4.03. The number of unbranched alkanes of at least 4 members (excludes halogenated alkanes) is 3. The highest BCUT2D eigenvalue weighted by Crippen LogP contribution is 2.64. The van der Waals surface area contributed by atoms with Gasteiger partial charge in [-0.1, -0.05) is 37.1 Å². The number of hydrogen-bond acceptors (Lipinski definition) is 8. The first-order chi connectivity index (χ1) is 21.9. The van der Waals surface area contributed by atoms with E-state index in [0.717, 1.165) is 23.9 Å². The van der Waals surface area contributed by atoms with Crippen molar-refractivity contribution in [3.05, 3.63) is 48.5 Å². The lowest BCUT2D eigenvalue weighted by atomic mass is 9.65. The van der Waals surface area contributed by atoms with E-state index in [2.05, 4.69) is 20.9 Å². The highest BCUT2D eigenvalue weighted by molar-refractivity contribution is 6.02. The van der Waals surface area contributed by atoms with Crippen molar-refractivity contribution in [2.45, 2.75) is 82.7 Å². The van der Waals surface area contributed by atoms with E-state index >= 15 is 0 Å². The van der Waals surface area contributed by atoms with Crippen molar-refractivity contribution in [3.8, 4) is 5.75 Å². The van der Waals surface area contributed by atoms with Gasteiger partial charge in [0, 0.05) is 18.8 Å². The van der Waals surface area contributed by atoms with Gasteiger partial charge in [0.1, 0.15) is 29.6 Å². The van der Waals surface area contributed by atoms with Crippen LogP contribution in [0.4, 0.5) is 5.69 Å². The first-order valence-electron chi connectivity index (χ1n) is 16.1. The number of rotatable bonds is 14. The summed E-state index contributed by atoms with van der Waals surface area (Å²) in [7, 11) is 0. The van der Waals surface area contributed by atoms with Crippen LogP contribution in [0.1, 0.15) is 58.8 Å². The van der Waals surface area contributed by atoms with E-state index in [9.17, 15) is 19.5 Å². The monoisotopic (exact) mass is 618 g/mol. The van der Waals surface area contributed by atoms with Gasteiger partial charge in [-0.2, -0.15) is 0 Å². The average molecular weight is 619 g/mol. The number of likely N-dealkylation sites (tertiary alicyclic amines) is 1. The Labute approximate surface area is 262 Å². The second-order valence-electron chi connectivity index (χ2n) is 12.2. The number of amides is 3. The predicted octanol–water partition coefficient (Wildman–Crippen LogP) is 3.25. The minimum Gasteiger partial charge on any atom is -0.494 e. The molecule has 6 rings (SSSR count). The number of hydrogen-bond donors (Lipinski definition) is 3. The number of ether oxygens (including phenoxy) is 2. The topological polar surface area (TPSA) is 148 Å². The van der Waals surface area contributed by atoms with Gasteiger partial charge in [-0.05, 0) is 75.4 Å². The van der Waals surface area contributed by atoms with Gasteiger partial charge in [0.25, 0.3) is 0 Å². The van der Waals surface area contributed by atoms with Crippen LogP contribution in [-0.4, -0.2) is 79.7 Å². The summed E-state index contributed by atoms with van der Waals surface area (Å²) in [6, 6.07) is 13.8. The van der Waals surface area contributed by atoms with Crippen LogP contribution in [0.2, 0.25) is 0 Å². The van der Waals surface area contributed by atoms with Crippen molar-refractivity contribution in [1.82, 2.24) is 25.2 Å². The molecule has 12 heteroatoms. The molecular formula is C33H42N6O6. The minimum absolute atomic E-state index is 0.0791. The highest BCUT2D eigenvalue weighted by atomic mass is 16.5. The van der Waals surface area contributed by atoms with Crippen LogP contribution in [-0.2, 0) is 25.8 Å². The molecule has 3 N–H and O–H groups in total. The van der Waals surface area contributed by atoms with E-state index in [-0.39, 0.29) is 31.0 Å². The Morgan fingerprint density at radius 1 is 1.04 bits per heavy atom. The summed E-state index contributed by atoms with van der Waals surface area (Å²) in [4.78, 5) is 44.2. The molecule has 5 atom stereocenters. The zero-order chi connectivity index (χ0) is 31.6. The zero-order valence-corrected chi connectivity index (χ0v) is 25.9. The van der Waals surface area contributed by atoms with Gasteiger partial charge >= 0.3 is 0 Å². The van der Waals surface area contributed by atoms with Crippen LogP contribution in [0.5, 0.6) is 5.75 Å². The number of anilines is 1. The van der Waals surface area contributed by atoms with Gasteiger partial charge in [0.15, 0.2) is 0 Å². The third kappa shape index (κ3) is 5.43. The normalized spacial score (nSPS) is 26.8. The van der Waals surface area contributed by atoms with Gasteiger partial charge in [-0.15, -0.1) is 5.10 Å². The molecule has 0 saturated carbocycles. The summed E-state index contributed by atoms with van der Waals surface area (Å²) in [5.41, 5.74) is 0.144. The van der Waals surface area contributed by atoms with E-state index in [1.165, 1.54) is 0 Å². The van der Waals surface area contributed by atoms with Gasteiger partial charge < -0.3 is 30.1 Å². The minimum atomic E-state index is -1.12. The zero-order valence-electron chi connectivity index (χ0n) is 25.9. The number of nitrogens with one attached hydrogen (secondary N) is 2. The third-order valence-electron chi connectivity index (χ3n) is 9.77. The van der Waals surface area contributed by atoms with Crippen molar-refractivity contribution in [1.29, 1.82) is 0 Å². The maximum absolute atomic E-state index is 14.4. The average Bonchev–Trinajstić information content (AvgIpc) is 3.78. The molecule has 0 aliphatic carbocycles. The number of aliphatic hydroxyl groups excluding tert-OH is 1. The molecule has 45 heavy (non-hydrogen) atoms. The summed E-state index contributed by atoms with van der Waals surface area (Å²) >= 11 is 0. The van der Waals surface area contributed by atoms with E-state index in [1.807, 2.05) is 38.1 Å². The second kappa shape index (κ2) is 12.8. The molecule has 2 unspecified atom stereocenters. The molecule has 2 aromatic carbocycles. The third-order valence-corrected chi connectivity index (χ3v) is 9.77. The number of nitrogens with zero attached hydrogens (tertiary/aromatic N) is 4. The Balaban J connectivity index is 1.27. The van der Waals surface area contributed by atoms with Gasteiger partial charge in [0.2, 0.25) is 17.7 Å². The van der Waals surface area contributed by atoms with E-state index in [1.54, 1.807) is 33.8 Å². The molecular weight excluding hydrogens is 576 g/mol. The largest absolute Gasteiger partial charge is 0.494 e. The van der Waals surface area contributed by atoms with E-state index < -0.39 is 29.1 Å². The van der Waals surface area contributed by atoms with Crippen LogP contribution in [0.25, 0.3) is 11.0 Å². The lowest BCUT2D eigenvalue weighted by molar-refractivity contribution is -0.146. The van der Waals surface area contributed by atoms with E-state index in [4.69, 9.17) is 9.47 Å². The SMILES string of the molecule is CCOc1ccc(NC(=O)[C@@H]2[C@H]3C(=O)N(CCCCCCO)C(C(=O)NCn4nnc5ccccc54)C34CC[C@@]2(CC)O4)cc1. The molecule has 3 aliphatic rings. The van der Waals surface area contributed by atoms with Gasteiger partial charge in [0.05, 0.1) is 29.6 Å². The highest BCUT2D eigenvalue weighted by Gasteiger charge is 2.78. The van der Waals surface area contributed by atoms with Crippen LogP contribution < -0.4 is 15.4 Å². The molecule has 0 radical (unpaired) electrons. The lowest BCUT2D eigenvalue weighted by Crippen LogP contribution is -2.55. The summed E-state index contributed by atoms with van der Waals surface area (Å²) in [5, 5.41) is 23.6. The molecule has 1 aromatic heterocycles. The molecule has 3 saturated heterocycles. The number of para-hydroxylation sites is 1. The maximum Gasteiger partial charge on any atom is 0.247 e. The van der Waals surface area contributed by atoms with Crippen LogP contribution in [0.3, 0.4) is 0 Å². The summed E-state index contributed by atoms with van der Waals surface area (Å²) in [5.74, 6) is -1.65. The molecule has 3 aliphatic heterocycles. The second-order valence-corrected chi connectivity index (χ2v) is 12.2. The predicted molar refractivity (Wildman–Crippen MR) is 166 cm³/mol. The molecule has 12 nitrogen and oxygen atoms in total. The fourth-order valence-electron chi connectivity index (χ4n) is 7.71. The van der Waals surface area contributed by atoms with Crippen molar-refractivity contribution in [3.63, 3.8) is 0 Å².